The van der Waals surface area contributed by atoms with E-state index in [9.17, 15) is 14.4 Å². The topological polar surface area (TPSA) is 96.0 Å². The van der Waals surface area contributed by atoms with Gasteiger partial charge in [0.25, 0.3) is 5.91 Å². The number of urea groups is 1. The lowest BCUT2D eigenvalue weighted by Crippen LogP contribution is -2.44. The molecular formula is C23H21N3O5. The van der Waals surface area contributed by atoms with Crippen molar-refractivity contribution in [1.29, 1.82) is 0 Å². The molecule has 5 rings (SSSR count). The van der Waals surface area contributed by atoms with Crippen molar-refractivity contribution in [2.75, 3.05) is 6.54 Å². The van der Waals surface area contributed by atoms with Gasteiger partial charge in [0.05, 0.1) is 25.6 Å². The molecule has 0 saturated carbocycles. The van der Waals surface area contributed by atoms with Crippen molar-refractivity contribution in [3.63, 3.8) is 0 Å². The van der Waals surface area contributed by atoms with Crippen LogP contribution in [0.15, 0.2) is 69.9 Å². The molecule has 1 N–H and O–H groups in total. The molecule has 8 heteroatoms. The van der Waals surface area contributed by atoms with Crippen LogP contribution in [0, 0.1) is 0 Å². The van der Waals surface area contributed by atoms with E-state index in [4.69, 9.17) is 8.83 Å². The molecule has 0 bridgehead atoms. The molecule has 1 aliphatic carbocycles. The Hall–Kier alpha value is -3.81. The molecule has 4 amide bonds. The Morgan fingerprint density at radius 1 is 1.00 bits per heavy atom. The second-order valence-corrected chi connectivity index (χ2v) is 7.79. The first-order valence-corrected chi connectivity index (χ1v) is 10.1. The lowest BCUT2D eigenvalue weighted by Gasteiger charge is -2.24. The quantitative estimate of drug-likeness (QED) is 0.620. The highest BCUT2D eigenvalue weighted by atomic mass is 16.3. The average Bonchev–Trinajstić information content (AvgIpc) is 3.55. The minimum Gasteiger partial charge on any atom is -0.467 e. The first-order valence-electron chi connectivity index (χ1n) is 10.1. The molecule has 1 unspecified atom stereocenters. The van der Waals surface area contributed by atoms with Gasteiger partial charge in [-0.2, -0.15) is 0 Å². The van der Waals surface area contributed by atoms with Crippen LogP contribution < -0.4 is 5.32 Å². The van der Waals surface area contributed by atoms with E-state index < -0.39 is 11.6 Å². The highest BCUT2D eigenvalue weighted by Crippen LogP contribution is 2.41. The Balaban J connectivity index is 1.37. The summed E-state index contributed by atoms with van der Waals surface area (Å²) < 4.78 is 10.8. The summed E-state index contributed by atoms with van der Waals surface area (Å²) >= 11 is 0. The van der Waals surface area contributed by atoms with Crippen LogP contribution in [-0.2, 0) is 34.6 Å². The summed E-state index contributed by atoms with van der Waals surface area (Å²) in [5, 5.41) is 2.85. The van der Waals surface area contributed by atoms with Crippen molar-refractivity contribution < 1.29 is 23.2 Å². The number of hydrogen-bond acceptors (Lipinski definition) is 5. The van der Waals surface area contributed by atoms with Crippen LogP contribution in [0.5, 0.6) is 0 Å². The fourth-order valence-electron chi connectivity index (χ4n) is 4.38. The van der Waals surface area contributed by atoms with Crippen molar-refractivity contribution in [3.05, 3.63) is 83.7 Å². The SMILES string of the molecule is O=C(CN1C(=O)NC2(CCc3ccccc32)C1=O)N(Cc1ccco1)Cc1ccco1. The summed E-state index contributed by atoms with van der Waals surface area (Å²) in [5.74, 6) is 0.433. The Labute approximate surface area is 178 Å². The Kier molecular flexibility index (Phi) is 4.62. The van der Waals surface area contributed by atoms with E-state index in [1.165, 1.54) is 17.4 Å². The zero-order valence-electron chi connectivity index (χ0n) is 16.7. The molecule has 1 fully saturated rings. The summed E-state index contributed by atoms with van der Waals surface area (Å²) in [6, 6.07) is 14.1. The van der Waals surface area contributed by atoms with Gasteiger partial charge in [-0.15, -0.1) is 0 Å². The second kappa shape index (κ2) is 7.46. The molecule has 1 spiro atoms. The van der Waals surface area contributed by atoms with Gasteiger partial charge < -0.3 is 19.1 Å². The normalized spacial score (nSPS) is 19.7. The molecule has 158 valence electrons. The van der Waals surface area contributed by atoms with Crippen LogP contribution in [0.3, 0.4) is 0 Å². The van der Waals surface area contributed by atoms with Gasteiger partial charge in [-0.25, -0.2) is 4.79 Å². The lowest BCUT2D eigenvalue weighted by molar-refractivity contribution is -0.140. The van der Waals surface area contributed by atoms with Gasteiger partial charge in [0, 0.05) is 0 Å². The van der Waals surface area contributed by atoms with Crippen LogP contribution in [0.4, 0.5) is 4.79 Å². The highest BCUT2D eigenvalue weighted by molar-refractivity contribution is 6.09. The summed E-state index contributed by atoms with van der Waals surface area (Å²) in [7, 11) is 0. The Morgan fingerprint density at radius 3 is 2.32 bits per heavy atom. The molecule has 8 nitrogen and oxygen atoms in total. The zero-order chi connectivity index (χ0) is 21.4. The lowest BCUT2D eigenvalue weighted by atomic mass is 9.92. The summed E-state index contributed by atoms with van der Waals surface area (Å²) in [4.78, 5) is 41.7. The molecule has 1 aromatic carbocycles. The minimum atomic E-state index is -1.08. The van der Waals surface area contributed by atoms with E-state index in [1.54, 1.807) is 24.3 Å². The molecule has 2 aliphatic rings. The van der Waals surface area contributed by atoms with Gasteiger partial charge in [0.1, 0.15) is 23.6 Å². The number of amides is 4. The van der Waals surface area contributed by atoms with Crippen molar-refractivity contribution in [3.8, 4) is 0 Å². The first kappa shape index (κ1) is 19.2. The van der Waals surface area contributed by atoms with E-state index in [-0.39, 0.29) is 31.4 Å². The van der Waals surface area contributed by atoms with Crippen LogP contribution in [-0.4, -0.2) is 34.2 Å². The summed E-state index contributed by atoms with van der Waals surface area (Å²) in [5.41, 5.74) is 0.772. The van der Waals surface area contributed by atoms with Crippen molar-refractivity contribution >= 4 is 17.8 Å². The molecule has 1 saturated heterocycles. The molecular weight excluding hydrogens is 398 g/mol. The third kappa shape index (κ3) is 3.30. The molecule has 1 aliphatic heterocycles. The standard InChI is InChI=1S/C23H21N3O5/c27-20(25(13-17-6-3-11-30-17)14-18-7-4-12-31-18)15-26-21(28)23(24-22(26)29)10-9-16-5-1-2-8-19(16)23/h1-8,11-12H,9-10,13-15H2,(H,24,29). The fourth-order valence-corrected chi connectivity index (χ4v) is 4.38. The smallest absolute Gasteiger partial charge is 0.325 e. The summed E-state index contributed by atoms with van der Waals surface area (Å²) in [6.45, 7) is 0.0460. The van der Waals surface area contributed by atoms with E-state index in [0.29, 0.717) is 24.4 Å². The van der Waals surface area contributed by atoms with Crippen LogP contribution in [0.2, 0.25) is 0 Å². The monoisotopic (exact) mass is 419 g/mol. The molecule has 1 atom stereocenters. The van der Waals surface area contributed by atoms with Crippen LogP contribution >= 0.6 is 0 Å². The number of hydrogen-bond donors (Lipinski definition) is 1. The predicted molar refractivity (Wildman–Crippen MR) is 108 cm³/mol. The fraction of sp³-hybridized carbons (Fsp3) is 0.261. The highest BCUT2D eigenvalue weighted by Gasteiger charge is 2.55. The number of fused-ring (bicyclic) bond motifs is 2. The number of rotatable bonds is 6. The minimum absolute atomic E-state index is 0.199. The van der Waals surface area contributed by atoms with E-state index in [0.717, 1.165) is 16.0 Å². The number of carbonyl (C=O) groups excluding carboxylic acids is 3. The average molecular weight is 419 g/mol. The number of imide groups is 1. The van der Waals surface area contributed by atoms with Gasteiger partial charge >= 0.3 is 6.03 Å². The molecule has 3 heterocycles. The second-order valence-electron chi connectivity index (χ2n) is 7.79. The molecule has 3 aromatic rings. The van der Waals surface area contributed by atoms with E-state index in [1.807, 2.05) is 24.3 Å². The Morgan fingerprint density at radius 2 is 1.68 bits per heavy atom. The van der Waals surface area contributed by atoms with E-state index >= 15 is 0 Å². The number of aryl methyl sites for hydroxylation is 1. The molecule has 0 radical (unpaired) electrons. The van der Waals surface area contributed by atoms with Gasteiger partial charge in [0.15, 0.2) is 0 Å². The zero-order valence-corrected chi connectivity index (χ0v) is 16.7. The van der Waals surface area contributed by atoms with Crippen LogP contribution in [0.25, 0.3) is 0 Å². The number of nitrogens with zero attached hydrogens (tertiary/aromatic N) is 2. The third-order valence-corrected chi connectivity index (χ3v) is 5.92. The molecule has 2 aromatic heterocycles. The number of carbonyl (C=O) groups is 3. The van der Waals surface area contributed by atoms with Crippen LogP contribution in [0.1, 0.15) is 29.1 Å². The van der Waals surface area contributed by atoms with Crippen molar-refractivity contribution in [2.24, 2.45) is 0 Å². The molecule has 31 heavy (non-hydrogen) atoms. The maximum absolute atomic E-state index is 13.3. The largest absolute Gasteiger partial charge is 0.467 e. The number of benzene rings is 1. The van der Waals surface area contributed by atoms with Gasteiger partial charge in [-0.3, -0.25) is 14.5 Å². The third-order valence-electron chi connectivity index (χ3n) is 5.92. The Bertz CT molecular complexity index is 1090. The maximum Gasteiger partial charge on any atom is 0.325 e. The number of nitrogens with one attached hydrogen (secondary N) is 1. The van der Waals surface area contributed by atoms with Gasteiger partial charge in [-0.05, 0) is 48.2 Å². The predicted octanol–water partition coefficient (Wildman–Crippen LogP) is 2.79. The first-order chi connectivity index (χ1) is 15.1. The maximum atomic E-state index is 13.3. The number of furan rings is 2. The summed E-state index contributed by atoms with van der Waals surface area (Å²) in [6.07, 6.45) is 4.25. The van der Waals surface area contributed by atoms with Gasteiger partial charge in [0.2, 0.25) is 5.91 Å². The van der Waals surface area contributed by atoms with Crippen molar-refractivity contribution in [2.45, 2.75) is 31.5 Å². The van der Waals surface area contributed by atoms with Crippen molar-refractivity contribution in [1.82, 2.24) is 15.1 Å². The van der Waals surface area contributed by atoms with Gasteiger partial charge in [-0.1, -0.05) is 24.3 Å². The van der Waals surface area contributed by atoms with E-state index in [2.05, 4.69) is 5.32 Å².